The van der Waals surface area contributed by atoms with Crippen LogP contribution in [0.1, 0.15) is 60.0 Å². The average molecular weight is 362 g/mol. The normalized spacial score (nSPS) is 16.4. The number of nitrogens with zero attached hydrogens (tertiary/aromatic N) is 1. The molecular formula is C23H26N2O2. The number of anilines is 1. The molecule has 2 aromatic carbocycles. The zero-order valence-electron chi connectivity index (χ0n) is 15.6. The lowest BCUT2D eigenvalue weighted by molar-refractivity contribution is 0.0979. The molecule has 3 N–H and O–H groups in total. The molecule has 4 nitrogen and oxygen atoms in total. The number of phenolic OH excluding ortho intramolecular Hbond substituents is 1. The standard InChI is InChI=1S/C23H26N2O2/c24-17-10-8-15(9-11-17)4-3-7-21(26)18-12-13-22(27)23-19(18)14-20(25-23)16-5-1-2-6-16/h8-13,16,27H,1-7,14,24H2. The van der Waals surface area contributed by atoms with Crippen LogP contribution in [0.5, 0.6) is 5.75 Å². The number of phenols is 1. The van der Waals surface area contributed by atoms with Crippen LogP contribution in [0.25, 0.3) is 0 Å². The number of ketones is 1. The number of hydrogen-bond donors (Lipinski definition) is 2. The minimum Gasteiger partial charge on any atom is -0.506 e. The molecule has 0 spiro atoms. The van der Waals surface area contributed by atoms with Crippen molar-refractivity contribution >= 4 is 22.9 Å². The van der Waals surface area contributed by atoms with Gasteiger partial charge < -0.3 is 10.8 Å². The molecule has 2 aliphatic rings. The van der Waals surface area contributed by atoms with Crippen molar-refractivity contribution in [3.05, 3.63) is 53.1 Å². The summed E-state index contributed by atoms with van der Waals surface area (Å²) >= 11 is 0. The van der Waals surface area contributed by atoms with Gasteiger partial charge in [0.2, 0.25) is 0 Å². The van der Waals surface area contributed by atoms with E-state index in [0.29, 0.717) is 24.4 Å². The quantitative estimate of drug-likeness (QED) is 0.561. The lowest BCUT2D eigenvalue weighted by Gasteiger charge is -2.10. The number of rotatable bonds is 6. The van der Waals surface area contributed by atoms with E-state index in [1.807, 2.05) is 24.3 Å². The Labute approximate surface area is 160 Å². The van der Waals surface area contributed by atoms with E-state index in [1.54, 1.807) is 12.1 Å². The maximum absolute atomic E-state index is 12.8. The van der Waals surface area contributed by atoms with Gasteiger partial charge >= 0.3 is 0 Å². The van der Waals surface area contributed by atoms with Gasteiger partial charge in [-0.25, -0.2) is 0 Å². The predicted octanol–water partition coefficient (Wildman–Crippen LogP) is 5.00. The topological polar surface area (TPSA) is 75.7 Å². The van der Waals surface area contributed by atoms with Crippen LogP contribution >= 0.6 is 0 Å². The number of aliphatic imine (C=N–C) groups is 1. The molecule has 0 aromatic heterocycles. The van der Waals surface area contributed by atoms with E-state index in [9.17, 15) is 9.90 Å². The van der Waals surface area contributed by atoms with E-state index in [0.717, 1.165) is 35.4 Å². The van der Waals surface area contributed by atoms with E-state index in [2.05, 4.69) is 0 Å². The molecule has 1 heterocycles. The number of Topliss-reactive ketones (excluding diaryl/α,β-unsaturated/α-hetero) is 1. The Morgan fingerprint density at radius 2 is 1.85 bits per heavy atom. The Kier molecular flexibility index (Phi) is 4.97. The highest BCUT2D eigenvalue weighted by atomic mass is 16.3. The number of aromatic hydroxyl groups is 1. The fourth-order valence-electron chi connectivity index (χ4n) is 4.32. The molecule has 0 unspecified atom stereocenters. The summed E-state index contributed by atoms with van der Waals surface area (Å²) in [5.74, 6) is 0.853. The molecule has 2 aromatic rings. The Hall–Kier alpha value is -2.62. The molecule has 0 bridgehead atoms. The van der Waals surface area contributed by atoms with Gasteiger partial charge in [-0.3, -0.25) is 9.79 Å². The molecule has 27 heavy (non-hydrogen) atoms. The lowest BCUT2D eigenvalue weighted by Crippen LogP contribution is -2.12. The van der Waals surface area contributed by atoms with Gasteiger partial charge in [0.15, 0.2) is 5.78 Å². The van der Waals surface area contributed by atoms with E-state index in [-0.39, 0.29) is 11.5 Å². The first-order valence-corrected chi connectivity index (χ1v) is 9.92. The van der Waals surface area contributed by atoms with E-state index >= 15 is 0 Å². The van der Waals surface area contributed by atoms with Crippen LogP contribution in [0.15, 0.2) is 41.4 Å². The van der Waals surface area contributed by atoms with Crippen LogP contribution in [-0.2, 0) is 12.8 Å². The maximum Gasteiger partial charge on any atom is 0.163 e. The molecule has 1 saturated carbocycles. The third-order valence-corrected chi connectivity index (χ3v) is 5.85. The minimum absolute atomic E-state index is 0.143. The summed E-state index contributed by atoms with van der Waals surface area (Å²) in [5, 5.41) is 10.2. The highest BCUT2D eigenvalue weighted by Gasteiger charge is 2.29. The smallest absolute Gasteiger partial charge is 0.163 e. The molecule has 4 rings (SSSR count). The molecule has 0 radical (unpaired) electrons. The second-order valence-corrected chi connectivity index (χ2v) is 7.74. The molecule has 4 heteroatoms. The SMILES string of the molecule is Nc1ccc(CCCC(=O)c2ccc(O)c3c2CC(C2CCCC2)=N3)cc1. The van der Waals surface area contributed by atoms with Crippen LogP contribution in [0.2, 0.25) is 0 Å². The molecule has 0 amide bonds. The summed E-state index contributed by atoms with van der Waals surface area (Å²) in [6.07, 6.45) is 7.74. The fraction of sp³-hybridized carbons (Fsp3) is 0.391. The summed E-state index contributed by atoms with van der Waals surface area (Å²) in [6.45, 7) is 0. The Morgan fingerprint density at radius 1 is 1.11 bits per heavy atom. The third kappa shape index (κ3) is 3.75. The van der Waals surface area contributed by atoms with Gasteiger partial charge in [0, 0.05) is 29.8 Å². The van der Waals surface area contributed by atoms with Crippen LogP contribution in [-0.4, -0.2) is 16.6 Å². The van der Waals surface area contributed by atoms with Gasteiger partial charge in [-0.2, -0.15) is 0 Å². The predicted molar refractivity (Wildman–Crippen MR) is 109 cm³/mol. The highest BCUT2D eigenvalue weighted by molar-refractivity contribution is 6.05. The van der Waals surface area contributed by atoms with E-state index in [1.165, 1.54) is 31.2 Å². The maximum atomic E-state index is 12.8. The zero-order valence-corrected chi connectivity index (χ0v) is 15.6. The summed E-state index contributed by atoms with van der Waals surface area (Å²) in [4.78, 5) is 17.6. The Morgan fingerprint density at radius 3 is 2.59 bits per heavy atom. The van der Waals surface area contributed by atoms with Crippen LogP contribution in [0, 0.1) is 5.92 Å². The number of hydrogen-bond acceptors (Lipinski definition) is 4. The largest absolute Gasteiger partial charge is 0.506 e. The van der Waals surface area contributed by atoms with Crippen molar-refractivity contribution in [1.29, 1.82) is 0 Å². The molecule has 0 saturated heterocycles. The second kappa shape index (κ2) is 7.55. The zero-order chi connectivity index (χ0) is 18.8. The number of fused-ring (bicyclic) bond motifs is 1. The van der Waals surface area contributed by atoms with Gasteiger partial charge in [-0.15, -0.1) is 0 Å². The number of benzene rings is 2. The van der Waals surface area contributed by atoms with Crippen molar-refractivity contribution in [2.75, 3.05) is 5.73 Å². The first-order chi connectivity index (χ1) is 13.1. The fourth-order valence-corrected chi connectivity index (χ4v) is 4.32. The van der Waals surface area contributed by atoms with Crippen molar-refractivity contribution < 1.29 is 9.90 Å². The van der Waals surface area contributed by atoms with E-state index in [4.69, 9.17) is 10.7 Å². The van der Waals surface area contributed by atoms with Crippen molar-refractivity contribution in [3.8, 4) is 5.75 Å². The summed E-state index contributed by atoms with van der Waals surface area (Å²) in [7, 11) is 0. The van der Waals surface area contributed by atoms with Crippen molar-refractivity contribution in [3.63, 3.8) is 0 Å². The van der Waals surface area contributed by atoms with Crippen molar-refractivity contribution in [2.24, 2.45) is 10.9 Å². The van der Waals surface area contributed by atoms with Crippen LogP contribution in [0.4, 0.5) is 11.4 Å². The van der Waals surface area contributed by atoms with Gasteiger partial charge in [0.25, 0.3) is 0 Å². The number of nitrogen functional groups attached to an aromatic ring is 1. The summed E-state index contributed by atoms with van der Waals surface area (Å²) in [5.41, 5.74) is 11.1. The average Bonchev–Trinajstić information content (AvgIpc) is 3.33. The molecular weight excluding hydrogens is 336 g/mol. The van der Waals surface area contributed by atoms with Gasteiger partial charge in [-0.05, 0) is 67.0 Å². The monoisotopic (exact) mass is 362 g/mol. The highest BCUT2D eigenvalue weighted by Crippen LogP contribution is 2.41. The Bertz CT molecular complexity index is 878. The molecule has 1 fully saturated rings. The first-order valence-electron chi connectivity index (χ1n) is 9.92. The summed E-state index contributed by atoms with van der Waals surface area (Å²) in [6, 6.07) is 11.2. The molecule has 1 aliphatic carbocycles. The van der Waals surface area contributed by atoms with Gasteiger partial charge in [0.05, 0.1) is 0 Å². The van der Waals surface area contributed by atoms with Crippen LogP contribution in [0.3, 0.4) is 0 Å². The summed E-state index contributed by atoms with van der Waals surface area (Å²) < 4.78 is 0. The van der Waals surface area contributed by atoms with Crippen molar-refractivity contribution in [2.45, 2.75) is 51.4 Å². The minimum atomic E-state index is 0.143. The number of aryl methyl sites for hydroxylation is 1. The molecule has 140 valence electrons. The molecule has 0 atom stereocenters. The number of carbonyl (C=O) groups excluding carboxylic acids is 1. The van der Waals surface area contributed by atoms with E-state index < -0.39 is 0 Å². The first kappa shape index (κ1) is 17.8. The van der Waals surface area contributed by atoms with Crippen molar-refractivity contribution in [1.82, 2.24) is 0 Å². The second-order valence-electron chi connectivity index (χ2n) is 7.74. The number of nitrogens with two attached hydrogens (primary N) is 1. The third-order valence-electron chi connectivity index (χ3n) is 5.85. The Balaban J connectivity index is 1.44. The van der Waals surface area contributed by atoms with Crippen LogP contribution < -0.4 is 5.73 Å². The molecule has 1 aliphatic heterocycles. The number of carbonyl (C=O) groups is 1. The lowest BCUT2D eigenvalue weighted by atomic mass is 9.92. The van der Waals surface area contributed by atoms with Gasteiger partial charge in [-0.1, -0.05) is 25.0 Å². The van der Waals surface area contributed by atoms with Gasteiger partial charge in [0.1, 0.15) is 11.4 Å².